The van der Waals surface area contributed by atoms with Gasteiger partial charge in [-0.25, -0.2) is 9.59 Å². The van der Waals surface area contributed by atoms with Gasteiger partial charge in [0.15, 0.2) is 0 Å². The van der Waals surface area contributed by atoms with Crippen LogP contribution < -0.4 is 5.63 Å². The van der Waals surface area contributed by atoms with E-state index in [2.05, 4.69) is 0 Å². The van der Waals surface area contributed by atoms with Crippen molar-refractivity contribution in [2.75, 3.05) is 0 Å². The normalized spacial score (nSPS) is 11.3. The maximum absolute atomic E-state index is 13.1. The van der Waals surface area contributed by atoms with Crippen molar-refractivity contribution in [3.63, 3.8) is 0 Å². The maximum atomic E-state index is 13.1. The Hall–Kier alpha value is -3.14. The van der Waals surface area contributed by atoms with E-state index in [9.17, 15) is 9.59 Å². The van der Waals surface area contributed by atoms with Crippen molar-refractivity contribution in [2.45, 2.75) is 40.2 Å². The van der Waals surface area contributed by atoms with Crippen LogP contribution in [0.5, 0.6) is 0 Å². The van der Waals surface area contributed by atoms with Gasteiger partial charge in [-0.1, -0.05) is 54.6 Å². The van der Waals surface area contributed by atoms with Gasteiger partial charge in [-0.2, -0.15) is 0 Å². The molecule has 0 aliphatic carbocycles. The molecule has 0 aliphatic rings. The van der Waals surface area contributed by atoms with Crippen LogP contribution in [0.3, 0.4) is 0 Å². The standard InChI is InChI=1S/C24H24O4/c1-15-11-9-10-14-18(15)21-19(23(26)28-24(3,4)5)16(2)27-22(25)20(21)17-12-7-6-8-13-17/h6-14H,1-5H3. The number of hydrogen-bond donors (Lipinski definition) is 0. The molecule has 0 N–H and O–H groups in total. The number of rotatable bonds is 3. The predicted molar refractivity (Wildman–Crippen MR) is 110 cm³/mol. The molecule has 28 heavy (non-hydrogen) atoms. The minimum absolute atomic E-state index is 0.247. The summed E-state index contributed by atoms with van der Waals surface area (Å²) in [6, 6.07) is 16.9. The fraction of sp³-hybridized carbons (Fsp3) is 0.250. The molecule has 0 atom stereocenters. The average Bonchev–Trinajstić information content (AvgIpc) is 2.60. The number of carbonyl (C=O) groups excluding carboxylic acids is 1. The molecular weight excluding hydrogens is 352 g/mol. The largest absolute Gasteiger partial charge is 0.456 e. The lowest BCUT2D eigenvalue weighted by Crippen LogP contribution is -2.26. The molecule has 3 aromatic rings. The summed E-state index contributed by atoms with van der Waals surface area (Å²) in [5.74, 6) is -0.263. The highest BCUT2D eigenvalue weighted by atomic mass is 16.6. The van der Waals surface area contributed by atoms with E-state index in [1.807, 2.05) is 82.3 Å². The zero-order chi connectivity index (χ0) is 20.5. The molecule has 144 valence electrons. The van der Waals surface area contributed by atoms with Gasteiger partial charge in [0.05, 0.1) is 5.56 Å². The minimum Gasteiger partial charge on any atom is -0.456 e. The van der Waals surface area contributed by atoms with Crippen molar-refractivity contribution in [1.82, 2.24) is 0 Å². The first kappa shape index (κ1) is 19.6. The Bertz CT molecular complexity index is 1070. The molecule has 0 saturated carbocycles. The van der Waals surface area contributed by atoms with Gasteiger partial charge in [-0.15, -0.1) is 0 Å². The van der Waals surface area contributed by atoms with Crippen LogP contribution >= 0.6 is 0 Å². The Kier molecular flexibility index (Phi) is 5.23. The Morgan fingerprint density at radius 2 is 1.50 bits per heavy atom. The quantitative estimate of drug-likeness (QED) is 0.563. The first-order chi connectivity index (χ1) is 13.2. The van der Waals surface area contributed by atoms with Crippen molar-refractivity contribution >= 4 is 5.97 Å². The van der Waals surface area contributed by atoms with Crippen LogP contribution in [0.2, 0.25) is 0 Å². The van der Waals surface area contributed by atoms with Gasteiger partial charge in [-0.05, 0) is 51.3 Å². The van der Waals surface area contributed by atoms with E-state index in [0.717, 1.165) is 11.1 Å². The van der Waals surface area contributed by atoms with Gasteiger partial charge in [0, 0.05) is 5.56 Å². The van der Waals surface area contributed by atoms with Crippen LogP contribution in [0.4, 0.5) is 0 Å². The Labute approximate surface area is 164 Å². The molecule has 0 unspecified atom stereocenters. The Balaban J connectivity index is 2.42. The van der Waals surface area contributed by atoms with E-state index in [0.29, 0.717) is 16.7 Å². The van der Waals surface area contributed by atoms with Gasteiger partial charge in [0.1, 0.15) is 16.9 Å². The smallest absolute Gasteiger partial charge is 0.344 e. The summed E-state index contributed by atoms with van der Waals surface area (Å²) in [5, 5.41) is 0. The Morgan fingerprint density at radius 1 is 0.893 bits per heavy atom. The molecule has 4 heteroatoms. The summed E-state index contributed by atoms with van der Waals surface area (Å²) in [5.41, 5.74) is 2.49. The second-order valence-electron chi connectivity index (χ2n) is 7.75. The lowest BCUT2D eigenvalue weighted by Gasteiger charge is -2.22. The van der Waals surface area contributed by atoms with Crippen LogP contribution in [-0.2, 0) is 4.74 Å². The van der Waals surface area contributed by atoms with Gasteiger partial charge < -0.3 is 9.15 Å². The van der Waals surface area contributed by atoms with Crippen LogP contribution in [0, 0.1) is 13.8 Å². The lowest BCUT2D eigenvalue weighted by atomic mass is 9.89. The second-order valence-corrected chi connectivity index (χ2v) is 7.75. The molecule has 0 bridgehead atoms. The van der Waals surface area contributed by atoms with Crippen LogP contribution in [0.25, 0.3) is 22.3 Å². The van der Waals surface area contributed by atoms with Crippen LogP contribution in [0.1, 0.15) is 42.5 Å². The summed E-state index contributed by atoms with van der Waals surface area (Å²) >= 11 is 0. The molecule has 1 aromatic heterocycles. The zero-order valence-electron chi connectivity index (χ0n) is 16.8. The maximum Gasteiger partial charge on any atom is 0.344 e. The van der Waals surface area contributed by atoms with Gasteiger partial charge in [0.2, 0.25) is 0 Å². The minimum atomic E-state index is -0.671. The van der Waals surface area contributed by atoms with E-state index in [1.165, 1.54) is 0 Å². The fourth-order valence-electron chi connectivity index (χ4n) is 3.21. The van der Waals surface area contributed by atoms with Crippen molar-refractivity contribution in [2.24, 2.45) is 0 Å². The third kappa shape index (κ3) is 3.91. The molecule has 0 aliphatic heterocycles. The second kappa shape index (κ2) is 7.47. The van der Waals surface area contributed by atoms with Crippen molar-refractivity contribution in [3.05, 3.63) is 81.9 Å². The van der Waals surface area contributed by atoms with Gasteiger partial charge >= 0.3 is 11.6 Å². The third-order valence-corrected chi connectivity index (χ3v) is 4.38. The molecule has 3 rings (SSSR count). The van der Waals surface area contributed by atoms with E-state index in [4.69, 9.17) is 9.15 Å². The zero-order valence-corrected chi connectivity index (χ0v) is 16.8. The van der Waals surface area contributed by atoms with Crippen LogP contribution in [-0.4, -0.2) is 11.6 Å². The number of esters is 1. The summed E-state index contributed by atoms with van der Waals surface area (Å²) in [4.78, 5) is 26.0. The van der Waals surface area contributed by atoms with E-state index in [-0.39, 0.29) is 11.3 Å². The summed E-state index contributed by atoms with van der Waals surface area (Å²) < 4.78 is 11.1. The average molecular weight is 376 g/mol. The predicted octanol–water partition coefficient (Wildman–Crippen LogP) is 5.55. The van der Waals surface area contributed by atoms with E-state index in [1.54, 1.807) is 6.92 Å². The van der Waals surface area contributed by atoms with Gasteiger partial charge in [0.25, 0.3) is 0 Å². The summed E-state index contributed by atoms with van der Waals surface area (Å²) in [6.07, 6.45) is 0. The summed E-state index contributed by atoms with van der Waals surface area (Å²) in [6.45, 7) is 9.00. The molecule has 0 amide bonds. The number of carbonyl (C=O) groups is 1. The van der Waals surface area contributed by atoms with Crippen LogP contribution in [0.15, 0.2) is 63.8 Å². The fourth-order valence-corrected chi connectivity index (χ4v) is 3.21. The number of aryl methyl sites for hydroxylation is 2. The summed E-state index contributed by atoms with van der Waals surface area (Å²) in [7, 11) is 0. The van der Waals surface area contributed by atoms with Gasteiger partial charge in [-0.3, -0.25) is 0 Å². The highest BCUT2D eigenvalue weighted by Crippen LogP contribution is 2.36. The highest BCUT2D eigenvalue weighted by Gasteiger charge is 2.29. The van der Waals surface area contributed by atoms with Crippen molar-refractivity contribution < 1.29 is 13.9 Å². The molecule has 0 saturated heterocycles. The van der Waals surface area contributed by atoms with E-state index < -0.39 is 17.2 Å². The molecule has 0 radical (unpaired) electrons. The SMILES string of the molecule is Cc1ccccc1-c1c(C(=O)OC(C)(C)C)c(C)oc(=O)c1-c1ccccc1. The molecule has 1 heterocycles. The monoisotopic (exact) mass is 376 g/mol. The molecule has 2 aromatic carbocycles. The number of hydrogen-bond acceptors (Lipinski definition) is 4. The van der Waals surface area contributed by atoms with E-state index >= 15 is 0 Å². The number of benzene rings is 2. The molecule has 4 nitrogen and oxygen atoms in total. The van der Waals surface area contributed by atoms with Crippen molar-refractivity contribution in [3.8, 4) is 22.3 Å². The molecular formula is C24H24O4. The highest BCUT2D eigenvalue weighted by molar-refractivity contribution is 6.03. The topological polar surface area (TPSA) is 56.5 Å². The van der Waals surface area contributed by atoms with Crippen molar-refractivity contribution in [1.29, 1.82) is 0 Å². The first-order valence-electron chi connectivity index (χ1n) is 9.21. The lowest BCUT2D eigenvalue weighted by molar-refractivity contribution is 0.00666. The molecule has 0 fully saturated rings. The third-order valence-electron chi connectivity index (χ3n) is 4.38. The number of ether oxygens (including phenoxy) is 1. The first-order valence-corrected chi connectivity index (χ1v) is 9.21. The molecule has 0 spiro atoms. The Morgan fingerprint density at radius 3 is 2.11 bits per heavy atom.